The number of imide groups is 1. The lowest BCUT2D eigenvalue weighted by Gasteiger charge is -2.38. The molecule has 2 bridgehead atoms. The third-order valence-electron chi connectivity index (χ3n) is 5.14. The van der Waals surface area contributed by atoms with E-state index in [4.69, 9.17) is 11.6 Å². The molecule has 0 aromatic heterocycles. The van der Waals surface area contributed by atoms with Gasteiger partial charge in [0, 0.05) is 12.1 Å². The quantitative estimate of drug-likeness (QED) is 0.361. The standard InChI is InChI=1S/C16H13ClN2O4/c17-11-6-5-10(19(22)23)7-12(11)18-15(20)13-8-1-2-9(4-3-8)14(13)16(18)21/h1-2,5-9,13-14H,3-4H2/t8-,9-,13-,14-/m1/s1. The van der Waals surface area contributed by atoms with Crippen molar-refractivity contribution < 1.29 is 14.5 Å². The minimum absolute atomic E-state index is 0.0731. The molecule has 2 amide bonds. The summed E-state index contributed by atoms with van der Waals surface area (Å²) in [4.78, 5) is 37.1. The van der Waals surface area contributed by atoms with E-state index in [1.54, 1.807) is 0 Å². The van der Waals surface area contributed by atoms with Crippen LogP contribution in [-0.2, 0) is 9.59 Å². The lowest BCUT2D eigenvalue weighted by molar-refractivity contribution is -0.384. The molecule has 23 heavy (non-hydrogen) atoms. The zero-order valence-corrected chi connectivity index (χ0v) is 12.8. The number of rotatable bonds is 2. The molecule has 4 aliphatic rings. The van der Waals surface area contributed by atoms with Crippen LogP contribution in [-0.4, -0.2) is 16.7 Å². The van der Waals surface area contributed by atoms with Gasteiger partial charge in [-0.15, -0.1) is 0 Å². The van der Waals surface area contributed by atoms with Gasteiger partial charge in [-0.05, 0) is 30.7 Å². The number of allylic oxidation sites excluding steroid dienone is 2. The van der Waals surface area contributed by atoms with Gasteiger partial charge in [0.2, 0.25) is 11.8 Å². The number of non-ortho nitro benzene ring substituents is 1. The molecule has 3 aliphatic carbocycles. The molecule has 0 radical (unpaired) electrons. The van der Waals surface area contributed by atoms with Crippen LogP contribution in [0.4, 0.5) is 11.4 Å². The van der Waals surface area contributed by atoms with Gasteiger partial charge in [-0.25, -0.2) is 4.90 Å². The monoisotopic (exact) mass is 332 g/mol. The number of hydrogen-bond donors (Lipinski definition) is 0. The molecule has 1 aromatic carbocycles. The predicted octanol–water partition coefficient (Wildman–Crippen LogP) is 2.95. The molecule has 1 heterocycles. The Morgan fingerprint density at radius 1 is 1.09 bits per heavy atom. The number of carbonyl (C=O) groups excluding carboxylic acids is 2. The van der Waals surface area contributed by atoms with E-state index in [9.17, 15) is 19.7 Å². The Bertz CT molecular complexity index is 743. The highest BCUT2D eigenvalue weighted by atomic mass is 35.5. The SMILES string of the molecule is O=C1[C@H]2[C@H](C(=O)N1c1cc([N+](=O)[O-])ccc1Cl)[C@@H]1C=C[C@@H]2CC1. The number of benzene rings is 1. The van der Waals surface area contributed by atoms with Crippen molar-refractivity contribution in [1.82, 2.24) is 0 Å². The maximum atomic E-state index is 12.8. The van der Waals surface area contributed by atoms with Crippen LogP contribution in [0.2, 0.25) is 5.02 Å². The molecule has 1 saturated heterocycles. The fraction of sp³-hybridized carbons (Fsp3) is 0.375. The zero-order valence-electron chi connectivity index (χ0n) is 12.0. The van der Waals surface area contributed by atoms with Crippen LogP contribution in [0.1, 0.15) is 12.8 Å². The summed E-state index contributed by atoms with van der Waals surface area (Å²) >= 11 is 6.11. The van der Waals surface area contributed by atoms with E-state index in [1.807, 2.05) is 12.2 Å². The van der Waals surface area contributed by atoms with Gasteiger partial charge in [-0.2, -0.15) is 0 Å². The summed E-state index contributed by atoms with van der Waals surface area (Å²) in [7, 11) is 0. The number of anilines is 1. The largest absolute Gasteiger partial charge is 0.274 e. The Balaban J connectivity index is 1.79. The fourth-order valence-corrected chi connectivity index (χ4v) is 4.30. The number of amides is 2. The van der Waals surface area contributed by atoms with Crippen molar-refractivity contribution in [3.05, 3.63) is 45.5 Å². The Kier molecular flexibility index (Phi) is 3.06. The molecule has 7 heteroatoms. The summed E-state index contributed by atoms with van der Waals surface area (Å²) in [5, 5.41) is 11.1. The molecule has 118 valence electrons. The Labute approximate surface area is 136 Å². The van der Waals surface area contributed by atoms with Crippen molar-refractivity contribution in [3.8, 4) is 0 Å². The second-order valence-electron chi connectivity index (χ2n) is 6.25. The lowest BCUT2D eigenvalue weighted by Crippen LogP contribution is -2.38. The highest BCUT2D eigenvalue weighted by Gasteiger charge is 2.57. The first-order valence-corrected chi connectivity index (χ1v) is 7.87. The number of hydrogen-bond acceptors (Lipinski definition) is 4. The molecular formula is C16H13ClN2O4. The van der Waals surface area contributed by atoms with Crippen LogP contribution in [0.25, 0.3) is 0 Å². The van der Waals surface area contributed by atoms with Crippen LogP contribution >= 0.6 is 11.6 Å². The molecule has 0 spiro atoms. The van der Waals surface area contributed by atoms with Crippen LogP contribution < -0.4 is 4.90 Å². The Hall–Kier alpha value is -2.21. The van der Waals surface area contributed by atoms with Gasteiger partial charge >= 0.3 is 0 Å². The molecule has 1 saturated carbocycles. The first-order valence-electron chi connectivity index (χ1n) is 7.49. The van der Waals surface area contributed by atoms with Crippen molar-refractivity contribution >= 4 is 34.8 Å². The first kappa shape index (κ1) is 14.4. The van der Waals surface area contributed by atoms with Crippen molar-refractivity contribution in [2.24, 2.45) is 23.7 Å². The summed E-state index contributed by atoms with van der Waals surface area (Å²) in [6, 6.07) is 3.81. The molecule has 6 nitrogen and oxygen atoms in total. The molecular weight excluding hydrogens is 320 g/mol. The number of halogens is 1. The van der Waals surface area contributed by atoms with E-state index >= 15 is 0 Å². The van der Waals surface area contributed by atoms with Crippen LogP contribution in [0.15, 0.2) is 30.4 Å². The topological polar surface area (TPSA) is 80.5 Å². The third kappa shape index (κ3) is 1.94. The van der Waals surface area contributed by atoms with Crippen LogP contribution in [0.5, 0.6) is 0 Å². The molecule has 0 unspecified atom stereocenters. The van der Waals surface area contributed by atoms with Gasteiger partial charge in [0.15, 0.2) is 0 Å². The van der Waals surface area contributed by atoms with Crippen molar-refractivity contribution in [2.45, 2.75) is 12.8 Å². The highest BCUT2D eigenvalue weighted by Crippen LogP contribution is 2.51. The fourth-order valence-electron chi connectivity index (χ4n) is 4.10. The summed E-state index contributed by atoms with van der Waals surface area (Å²) in [5.74, 6) is -1.15. The van der Waals surface area contributed by atoms with Gasteiger partial charge in [-0.3, -0.25) is 19.7 Å². The van der Waals surface area contributed by atoms with E-state index in [0.717, 1.165) is 17.7 Å². The molecule has 5 rings (SSSR count). The summed E-state index contributed by atoms with van der Waals surface area (Å²) < 4.78 is 0. The smallest absolute Gasteiger partial charge is 0.271 e. The number of nitro benzene ring substituents is 1. The normalized spacial score (nSPS) is 31.6. The molecule has 1 aliphatic heterocycles. The van der Waals surface area contributed by atoms with E-state index in [-0.39, 0.29) is 51.9 Å². The summed E-state index contributed by atoms with van der Waals surface area (Å²) in [6.07, 6.45) is 5.86. The van der Waals surface area contributed by atoms with Crippen molar-refractivity contribution in [1.29, 1.82) is 0 Å². The van der Waals surface area contributed by atoms with Gasteiger partial charge < -0.3 is 0 Å². The van der Waals surface area contributed by atoms with E-state index in [0.29, 0.717) is 0 Å². The average Bonchev–Trinajstić information content (AvgIpc) is 2.83. The number of nitro groups is 1. The summed E-state index contributed by atoms with van der Waals surface area (Å²) in [5.41, 5.74) is -0.0781. The Morgan fingerprint density at radius 3 is 2.13 bits per heavy atom. The van der Waals surface area contributed by atoms with Crippen LogP contribution in [0.3, 0.4) is 0 Å². The number of fused-ring (bicyclic) bond motifs is 1. The third-order valence-corrected chi connectivity index (χ3v) is 5.46. The summed E-state index contributed by atoms with van der Waals surface area (Å²) in [6.45, 7) is 0. The van der Waals surface area contributed by atoms with Gasteiger partial charge in [0.25, 0.3) is 5.69 Å². The maximum Gasteiger partial charge on any atom is 0.271 e. The molecule has 0 N–H and O–H groups in total. The van der Waals surface area contributed by atoms with Gasteiger partial charge in [0.1, 0.15) is 0 Å². The predicted molar refractivity (Wildman–Crippen MR) is 82.9 cm³/mol. The molecule has 2 fully saturated rings. The second-order valence-corrected chi connectivity index (χ2v) is 6.65. The van der Waals surface area contributed by atoms with Gasteiger partial charge in [0.05, 0.1) is 27.5 Å². The lowest BCUT2D eigenvalue weighted by atomic mass is 9.63. The number of carbonyl (C=O) groups is 2. The van der Waals surface area contributed by atoms with Crippen LogP contribution in [0, 0.1) is 33.8 Å². The highest BCUT2D eigenvalue weighted by molar-refractivity contribution is 6.36. The van der Waals surface area contributed by atoms with Crippen molar-refractivity contribution in [3.63, 3.8) is 0 Å². The minimum Gasteiger partial charge on any atom is -0.274 e. The van der Waals surface area contributed by atoms with E-state index in [1.165, 1.54) is 18.2 Å². The minimum atomic E-state index is -0.566. The second kappa shape index (κ2) is 4.89. The molecule has 4 atom stereocenters. The number of nitrogens with zero attached hydrogens (tertiary/aromatic N) is 2. The Morgan fingerprint density at radius 2 is 1.65 bits per heavy atom. The first-order chi connectivity index (χ1) is 11.0. The van der Waals surface area contributed by atoms with Gasteiger partial charge in [-0.1, -0.05) is 23.8 Å². The van der Waals surface area contributed by atoms with Crippen molar-refractivity contribution in [2.75, 3.05) is 4.90 Å². The zero-order chi connectivity index (χ0) is 16.3. The average molecular weight is 333 g/mol. The van der Waals surface area contributed by atoms with E-state index in [2.05, 4.69) is 0 Å². The molecule has 1 aromatic rings. The van der Waals surface area contributed by atoms with E-state index < -0.39 is 4.92 Å². The maximum absolute atomic E-state index is 12.8.